The average Bonchev–Trinajstić information content (AvgIpc) is 2.68. The van der Waals surface area contributed by atoms with Crippen molar-refractivity contribution in [2.45, 2.75) is 11.8 Å². The maximum atomic E-state index is 12.4. The van der Waals surface area contributed by atoms with E-state index >= 15 is 0 Å². The van der Waals surface area contributed by atoms with E-state index in [1.54, 1.807) is 43.3 Å². The molecule has 0 unspecified atom stereocenters. The number of hydrogen-bond donors (Lipinski definition) is 2. The molecule has 0 atom stereocenters. The van der Waals surface area contributed by atoms with E-state index in [2.05, 4.69) is 10.0 Å². The molecule has 0 heterocycles. The summed E-state index contributed by atoms with van der Waals surface area (Å²) < 4.78 is 27.3. The number of carbonyl (C=O) groups excluding carboxylic acids is 1. The molecule has 0 saturated carbocycles. The molecule has 8 nitrogen and oxygen atoms in total. The first-order valence-electron chi connectivity index (χ1n) is 8.50. The minimum Gasteiger partial charge on any atom is -0.322 e. The number of hydrogen-bond acceptors (Lipinski definition) is 5. The number of nitrogens with zero attached hydrogens (tertiary/aromatic N) is 1. The third kappa shape index (κ3) is 4.77. The summed E-state index contributed by atoms with van der Waals surface area (Å²) in [5.74, 6) is -0.545. The smallest absolute Gasteiger partial charge is 0.273 e. The second-order valence-electron chi connectivity index (χ2n) is 6.21. The van der Waals surface area contributed by atoms with Crippen LogP contribution in [-0.2, 0) is 10.0 Å². The average molecular weight is 411 g/mol. The van der Waals surface area contributed by atoms with Gasteiger partial charge in [0.1, 0.15) is 0 Å². The first-order chi connectivity index (χ1) is 13.8. The van der Waals surface area contributed by atoms with E-state index in [9.17, 15) is 23.3 Å². The maximum absolute atomic E-state index is 12.4. The third-order valence-electron chi connectivity index (χ3n) is 4.09. The molecular weight excluding hydrogens is 394 g/mol. The molecule has 3 aromatic carbocycles. The Kier molecular flexibility index (Phi) is 5.60. The number of aryl methyl sites for hydroxylation is 1. The summed E-state index contributed by atoms with van der Waals surface area (Å²) >= 11 is 0. The van der Waals surface area contributed by atoms with Crippen molar-refractivity contribution in [3.63, 3.8) is 0 Å². The summed E-state index contributed by atoms with van der Waals surface area (Å²) in [6.45, 7) is 1.59. The molecule has 0 saturated heterocycles. The predicted octanol–water partition coefficient (Wildman–Crippen LogP) is 3.96. The van der Waals surface area contributed by atoms with Crippen molar-refractivity contribution in [1.29, 1.82) is 0 Å². The Bertz CT molecular complexity index is 1180. The van der Waals surface area contributed by atoms with Gasteiger partial charge < -0.3 is 5.32 Å². The Hall–Kier alpha value is -3.72. The van der Waals surface area contributed by atoms with E-state index in [-0.39, 0.29) is 21.8 Å². The zero-order valence-electron chi connectivity index (χ0n) is 15.3. The first-order valence-corrected chi connectivity index (χ1v) is 9.99. The van der Waals surface area contributed by atoms with Gasteiger partial charge in [-0.3, -0.25) is 19.6 Å². The topological polar surface area (TPSA) is 118 Å². The maximum Gasteiger partial charge on any atom is 0.273 e. The van der Waals surface area contributed by atoms with Crippen molar-refractivity contribution < 1.29 is 18.1 Å². The highest BCUT2D eigenvalue weighted by Crippen LogP contribution is 2.22. The van der Waals surface area contributed by atoms with E-state index in [0.29, 0.717) is 11.3 Å². The molecule has 148 valence electrons. The van der Waals surface area contributed by atoms with E-state index < -0.39 is 20.9 Å². The predicted molar refractivity (Wildman–Crippen MR) is 109 cm³/mol. The van der Waals surface area contributed by atoms with Gasteiger partial charge in [-0.25, -0.2) is 8.42 Å². The molecule has 0 aliphatic rings. The lowest BCUT2D eigenvalue weighted by Gasteiger charge is -2.10. The van der Waals surface area contributed by atoms with Crippen LogP contribution in [0.2, 0.25) is 0 Å². The van der Waals surface area contributed by atoms with Crippen molar-refractivity contribution in [2.75, 3.05) is 10.0 Å². The highest BCUT2D eigenvalue weighted by atomic mass is 32.2. The summed E-state index contributed by atoms with van der Waals surface area (Å²) in [5, 5.41) is 13.7. The number of benzene rings is 3. The van der Waals surface area contributed by atoms with Crippen LogP contribution in [0, 0.1) is 17.0 Å². The van der Waals surface area contributed by atoms with Gasteiger partial charge in [-0.2, -0.15) is 0 Å². The lowest BCUT2D eigenvalue weighted by atomic mass is 10.1. The van der Waals surface area contributed by atoms with Crippen LogP contribution in [0.3, 0.4) is 0 Å². The molecule has 0 aliphatic carbocycles. The molecule has 0 aliphatic heterocycles. The number of amides is 1. The second-order valence-corrected chi connectivity index (χ2v) is 7.89. The first kappa shape index (κ1) is 20.0. The van der Waals surface area contributed by atoms with Crippen molar-refractivity contribution in [2.24, 2.45) is 0 Å². The van der Waals surface area contributed by atoms with Gasteiger partial charge in [0.05, 0.1) is 15.5 Å². The molecule has 3 rings (SSSR count). The number of anilines is 2. The summed E-state index contributed by atoms with van der Waals surface area (Å²) in [6.07, 6.45) is 0. The molecular formula is C20H17N3O5S. The van der Waals surface area contributed by atoms with E-state index in [4.69, 9.17) is 0 Å². The monoisotopic (exact) mass is 411 g/mol. The molecule has 29 heavy (non-hydrogen) atoms. The van der Waals surface area contributed by atoms with Crippen LogP contribution in [0.1, 0.15) is 15.9 Å². The Balaban J connectivity index is 1.79. The molecule has 1 amide bonds. The van der Waals surface area contributed by atoms with Crippen molar-refractivity contribution in [3.05, 3.63) is 94.0 Å². The van der Waals surface area contributed by atoms with Crippen LogP contribution in [-0.4, -0.2) is 19.2 Å². The summed E-state index contributed by atoms with van der Waals surface area (Å²) in [6, 6.07) is 18.2. The molecule has 0 bridgehead atoms. The van der Waals surface area contributed by atoms with Gasteiger partial charge in [0.2, 0.25) is 0 Å². The largest absolute Gasteiger partial charge is 0.322 e. The number of carbonyl (C=O) groups is 1. The quantitative estimate of drug-likeness (QED) is 0.470. The second kappa shape index (κ2) is 8.11. The highest BCUT2D eigenvalue weighted by molar-refractivity contribution is 7.92. The van der Waals surface area contributed by atoms with Crippen LogP contribution in [0.25, 0.3) is 0 Å². The van der Waals surface area contributed by atoms with Gasteiger partial charge in [0, 0.05) is 22.9 Å². The van der Waals surface area contributed by atoms with E-state index in [0.717, 1.165) is 0 Å². The number of rotatable bonds is 6. The number of nitro benzene ring substituents is 1. The van der Waals surface area contributed by atoms with Gasteiger partial charge in [0.15, 0.2) is 0 Å². The molecule has 0 spiro atoms. The van der Waals surface area contributed by atoms with Crippen LogP contribution >= 0.6 is 0 Å². The molecule has 3 aromatic rings. The van der Waals surface area contributed by atoms with E-state index in [1.165, 1.54) is 36.4 Å². The van der Waals surface area contributed by atoms with Crippen LogP contribution in [0.4, 0.5) is 17.1 Å². The lowest BCUT2D eigenvalue weighted by Crippen LogP contribution is -2.14. The van der Waals surface area contributed by atoms with Crippen LogP contribution < -0.4 is 10.0 Å². The Labute approximate surface area is 167 Å². The Morgan fingerprint density at radius 2 is 1.62 bits per heavy atom. The number of sulfonamides is 1. The van der Waals surface area contributed by atoms with Crippen molar-refractivity contribution in [1.82, 2.24) is 0 Å². The fourth-order valence-corrected chi connectivity index (χ4v) is 3.70. The molecule has 9 heteroatoms. The highest BCUT2D eigenvalue weighted by Gasteiger charge is 2.16. The summed E-state index contributed by atoms with van der Waals surface area (Å²) in [5.41, 5.74) is 1.02. The fourth-order valence-electron chi connectivity index (χ4n) is 2.62. The Morgan fingerprint density at radius 3 is 2.31 bits per heavy atom. The normalized spacial score (nSPS) is 10.9. The number of nitro groups is 1. The molecule has 2 N–H and O–H groups in total. The molecule has 0 fully saturated rings. The van der Waals surface area contributed by atoms with Gasteiger partial charge in [0.25, 0.3) is 21.6 Å². The molecule has 0 radical (unpaired) electrons. The lowest BCUT2D eigenvalue weighted by molar-refractivity contribution is -0.385. The summed E-state index contributed by atoms with van der Waals surface area (Å²) in [7, 11) is -3.77. The van der Waals surface area contributed by atoms with Gasteiger partial charge in [-0.15, -0.1) is 0 Å². The van der Waals surface area contributed by atoms with Gasteiger partial charge >= 0.3 is 0 Å². The molecule has 0 aromatic heterocycles. The SMILES string of the molecule is Cc1ccc(C(=O)Nc2cccc(NS(=O)(=O)c3ccccc3)c2)cc1[N+](=O)[O-]. The zero-order chi connectivity index (χ0) is 21.0. The van der Waals surface area contributed by atoms with Crippen LogP contribution in [0.15, 0.2) is 77.7 Å². The minimum atomic E-state index is -3.77. The summed E-state index contributed by atoms with van der Waals surface area (Å²) in [4.78, 5) is 23.1. The zero-order valence-corrected chi connectivity index (χ0v) is 16.1. The van der Waals surface area contributed by atoms with Crippen molar-refractivity contribution >= 4 is 33.0 Å². The fraction of sp³-hybridized carbons (Fsp3) is 0.0500. The van der Waals surface area contributed by atoms with Crippen LogP contribution in [0.5, 0.6) is 0 Å². The Morgan fingerprint density at radius 1 is 0.931 bits per heavy atom. The third-order valence-corrected chi connectivity index (χ3v) is 5.49. The van der Waals surface area contributed by atoms with E-state index in [1.807, 2.05) is 0 Å². The van der Waals surface area contributed by atoms with Gasteiger partial charge in [-0.05, 0) is 43.3 Å². The number of nitrogens with one attached hydrogen (secondary N) is 2. The van der Waals surface area contributed by atoms with Crippen molar-refractivity contribution in [3.8, 4) is 0 Å². The van der Waals surface area contributed by atoms with Gasteiger partial charge in [-0.1, -0.05) is 30.3 Å². The standard InChI is InChI=1S/C20H17N3O5S/c1-14-10-11-15(12-19(14)23(25)26)20(24)21-16-6-5-7-17(13-16)22-29(27,28)18-8-3-2-4-9-18/h2-13,22H,1H3,(H,21,24). The minimum absolute atomic E-state index is 0.112.